The third-order valence-corrected chi connectivity index (χ3v) is 2.84. The number of halogens is 3. The largest absolute Gasteiger partial charge is 0.398 e. The Morgan fingerprint density at radius 1 is 1.32 bits per heavy atom. The van der Waals surface area contributed by atoms with Gasteiger partial charge in [-0.1, -0.05) is 17.7 Å². The van der Waals surface area contributed by atoms with E-state index in [1.807, 2.05) is 6.07 Å². The Balaban J connectivity index is 2.57. The van der Waals surface area contributed by atoms with Crippen LogP contribution >= 0.6 is 11.6 Å². The Kier molecular flexibility index (Phi) is 3.58. The molecule has 0 aliphatic rings. The van der Waals surface area contributed by atoms with E-state index in [4.69, 9.17) is 22.6 Å². The number of hydrogen-bond acceptors (Lipinski definition) is 4. The first-order valence-corrected chi connectivity index (χ1v) is 5.51. The van der Waals surface area contributed by atoms with Gasteiger partial charge in [-0.25, -0.2) is 18.7 Å². The fourth-order valence-corrected chi connectivity index (χ4v) is 1.84. The molecule has 0 amide bonds. The van der Waals surface area contributed by atoms with E-state index in [1.54, 1.807) is 6.07 Å². The van der Waals surface area contributed by atoms with Crippen LogP contribution in [0.4, 0.5) is 14.5 Å². The zero-order chi connectivity index (χ0) is 14.0. The highest BCUT2D eigenvalue weighted by atomic mass is 35.5. The zero-order valence-corrected chi connectivity index (χ0v) is 10.2. The second-order valence-electron chi connectivity index (χ2n) is 3.64. The minimum Gasteiger partial charge on any atom is -0.398 e. The Hall–Kier alpha value is -2.26. The van der Waals surface area contributed by atoms with E-state index in [2.05, 4.69) is 9.97 Å². The van der Waals surface area contributed by atoms with Crippen molar-refractivity contribution in [1.82, 2.24) is 9.97 Å². The number of nitrogens with two attached hydrogens (primary N) is 1. The third-order valence-electron chi connectivity index (χ3n) is 2.47. The van der Waals surface area contributed by atoms with E-state index >= 15 is 0 Å². The molecule has 0 saturated carbocycles. The number of nitriles is 1. The van der Waals surface area contributed by atoms with Crippen molar-refractivity contribution in [2.45, 2.75) is 6.43 Å². The fourth-order valence-electron chi connectivity index (χ4n) is 1.55. The highest BCUT2D eigenvalue weighted by Gasteiger charge is 2.18. The molecule has 1 aromatic carbocycles. The van der Waals surface area contributed by atoms with E-state index < -0.39 is 12.1 Å². The summed E-state index contributed by atoms with van der Waals surface area (Å²) < 4.78 is 25.4. The first-order chi connectivity index (χ1) is 9.04. The average molecular weight is 281 g/mol. The molecule has 0 bridgehead atoms. The van der Waals surface area contributed by atoms with Crippen molar-refractivity contribution < 1.29 is 8.78 Å². The van der Waals surface area contributed by atoms with Gasteiger partial charge in [0.1, 0.15) is 18.1 Å². The van der Waals surface area contributed by atoms with Gasteiger partial charge < -0.3 is 5.73 Å². The first-order valence-electron chi connectivity index (χ1n) is 5.13. The molecule has 0 aliphatic carbocycles. The van der Waals surface area contributed by atoms with Crippen molar-refractivity contribution in [1.29, 1.82) is 5.26 Å². The molecule has 2 aromatic rings. The van der Waals surface area contributed by atoms with Crippen LogP contribution in [0.15, 0.2) is 24.5 Å². The van der Waals surface area contributed by atoms with E-state index in [0.29, 0.717) is 11.1 Å². The molecule has 7 heteroatoms. The smallest absolute Gasteiger partial charge is 0.281 e. The number of aromatic nitrogens is 2. The molecular weight excluding hydrogens is 274 g/mol. The highest BCUT2D eigenvalue weighted by molar-refractivity contribution is 6.33. The molecule has 0 saturated heterocycles. The number of nitrogens with zero attached hydrogens (tertiary/aromatic N) is 3. The fraction of sp³-hybridized carbons (Fsp3) is 0.0833. The lowest BCUT2D eigenvalue weighted by atomic mass is 10.1. The van der Waals surface area contributed by atoms with Crippen LogP contribution in [-0.4, -0.2) is 9.97 Å². The van der Waals surface area contributed by atoms with Crippen LogP contribution in [0.25, 0.3) is 11.3 Å². The van der Waals surface area contributed by atoms with E-state index in [9.17, 15) is 8.78 Å². The molecule has 96 valence electrons. The van der Waals surface area contributed by atoms with Crippen LogP contribution in [0.1, 0.15) is 17.7 Å². The molecule has 0 fully saturated rings. The Labute approximate surface area is 112 Å². The summed E-state index contributed by atoms with van der Waals surface area (Å²) in [6.45, 7) is 0. The lowest BCUT2D eigenvalue weighted by Gasteiger charge is -2.08. The number of benzene rings is 1. The summed E-state index contributed by atoms with van der Waals surface area (Å²) in [5.41, 5.74) is 6.26. The van der Waals surface area contributed by atoms with E-state index in [0.717, 1.165) is 6.33 Å². The first kappa shape index (κ1) is 13.2. The van der Waals surface area contributed by atoms with Gasteiger partial charge in [0.05, 0.1) is 22.0 Å². The van der Waals surface area contributed by atoms with Crippen molar-refractivity contribution in [2.24, 2.45) is 0 Å². The standard InChI is InChI=1S/C12H7ClF2N4/c13-9-10(18-5-19-11(9)12(14)15)6-1-2-7(4-16)8(17)3-6/h1-3,5,12H,17H2. The van der Waals surface area contributed by atoms with Crippen LogP contribution in [-0.2, 0) is 0 Å². The quantitative estimate of drug-likeness (QED) is 0.857. The highest BCUT2D eigenvalue weighted by Crippen LogP contribution is 2.33. The van der Waals surface area contributed by atoms with E-state index in [-0.39, 0.29) is 16.4 Å². The summed E-state index contributed by atoms with van der Waals surface area (Å²) >= 11 is 5.85. The second-order valence-corrected chi connectivity index (χ2v) is 4.01. The Bertz CT molecular complexity index is 667. The molecule has 2 N–H and O–H groups in total. The lowest BCUT2D eigenvalue weighted by molar-refractivity contribution is 0.146. The molecule has 0 unspecified atom stereocenters. The predicted molar refractivity (Wildman–Crippen MR) is 66.6 cm³/mol. The van der Waals surface area contributed by atoms with Crippen LogP contribution < -0.4 is 5.73 Å². The second kappa shape index (κ2) is 5.16. The summed E-state index contributed by atoms with van der Waals surface area (Å²) in [6.07, 6.45) is -1.78. The maximum absolute atomic E-state index is 12.7. The number of rotatable bonds is 2. The Morgan fingerprint density at radius 2 is 2.05 bits per heavy atom. The van der Waals surface area contributed by atoms with Gasteiger partial charge >= 0.3 is 0 Å². The number of hydrogen-bond donors (Lipinski definition) is 1. The summed E-state index contributed by atoms with van der Waals surface area (Å²) in [6, 6.07) is 6.39. The summed E-state index contributed by atoms with van der Waals surface area (Å²) in [7, 11) is 0. The Morgan fingerprint density at radius 3 is 2.63 bits per heavy atom. The van der Waals surface area contributed by atoms with Crippen molar-refractivity contribution >= 4 is 17.3 Å². The van der Waals surface area contributed by atoms with Gasteiger partial charge in [0.2, 0.25) is 0 Å². The molecule has 0 spiro atoms. The maximum Gasteiger partial charge on any atom is 0.281 e. The van der Waals surface area contributed by atoms with Crippen molar-refractivity contribution in [3.05, 3.63) is 40.8 Å². The van der Waals surface area contributed by atoms with Crippen LogP contribution in [0.3, 0.4) is 0 Å². The normalized spacial score (nSPS) is 10.5. The number of alkyl halides is 2. The van der Waals surface area contributed by atoms with Gasteiger partial charge in [0, 0.05) is 5.56 Å². The topological polar surface area (TPSA) is 75.6 Å². The van der Waals surface area contributed by atoms with Crippen molar-refractivity contribution in [3.8, 4) is 17.3 Å². The monoisotopic (exact) mass is 280 g/mol. The summed E-state index contributed by atoms with van der Waals surface area (Å²) in [4.78, 5) is 7.32. The molecule has 0 aliphatic heterocycles. The van der Waals surface area contributed by atoms with Gasteiger partial charge in [-0.05, 0) is 12.1 Å². The molecule has 4 nitrogen and oxygen atoms in total. The predicted octanol–water partition coefficient (Wildman–Crippen LogP) is 3.19. The van der Waals surface area contributed by atoms with Gasteiger partial charge in [0.15, 0.2) is 0 Å². The third kappa shape index (κ3) is 2.46. The van der Waals surface area contributed by atoms with Crippen LogP contribution in [0.2, 0.25) is 5.02 Å². The molecule has 19 heavy (non-hydrogen) atoms. The van der Waals surface area contributed by atoms with Crippen LogP contribution in [0.5, 0.6) is 0 Å². The van der Waals surface area contributed by atoms with Crippen LogP contribution in [0, 0.1) is 11.3 Å². The maximum atomic E-state index is 12.7. The minimum atomic E-state index is -2.79. The van der Waals surface area contributed by atoms with Gasteiger partial charge in [-0.2, -0.15) is 5.26 Å². The van der Waals surface area contributed by atoms with E-state index in [1.165, 1.54) is 12.1 Å². The van der Waals surface area contributed by atoms with Crippen molar-refractivity contribution in [2.75, 3.05) is 5.73 Å². The number of anilines is 1. The molecular formula is C12H7ClF2N4. The molecule has 0 atom stereocenters. The zero-order valence-electron chi connectivity index (χ0n) is 9.44. The summed E-state index contributed by atoms with van der Waals surface area (Å²) in [5.74, 6) is 0. The molecule has 1 heterocycles. The molecule has 2 rings (SSSR count). The van der Waals surface area contributed by atoms with Gasteiger partial charge in [-0.15, -0.1) is 0 Å². The van der Waals surface area contributed by atoms with Gasteiger partial charge in [0.25, 0.3) is 6.43 Å². The minimum absolute atomic E-state index is 0.156. The number of nitrogen functional groups attached to an aromatic ring is 1. The lowest BCUT2D eigenvalue weighted by Crippen LogP contribution is -1.97. The summed E-state index contributed by atoms with van der Waals surface area (Å²) in [5, 5.41) is 8.55. The average Bonchev–Trinajstić information content (AvgIpc) is 2.38. The molecule has 0 radical (unpaired) electrons. The van der Waals surface area contributed by atoms with Gasteiger partial charge in [-0.3, -0.25) is 0 Å². The SMILES string of the molecule is N#Cc1ccc(-c2ncnc(C(F)F)c2Cl)cc1N. The molecule has 1 aromatic heterocycles. The van der Waals surface area contributed by atoms with Crippen molar-refractivity contribution in [3.63, 3.8) is 0 Å².